The van der Waals surface area contributed by atoms with E-state index in [1.54, 1.807) is 18.0 Å². The van der Waals surface area contributed by atoms with E-state index in [1.807, 2.05) is 25.1 Å². The lowest BCUT2D eigenvalue weighted by Crippen LogP contribution is -2.29. The third kappa shape index (κ3) is 5.21. The highest BCUT2D eigenvalue weighted by Gasteiger charge is 2.17. The number of benzene rings is 1. The molecule has 0 saturated carbocycles. The molecule has 0 radical (unpaired) electrons. The summed E-state index contributed by atoms with van der Waals surface area (Å²) in [7, 11) is 1.76. The average molecular weight is 298 g/mol. The van der Waals surface area contributed by atoms with Gasteiger partial charge in [0.15, 0.2) is 0 Å². The minimum atomic E-state index is -0.821. The molecule has 0 bridgehead atoms. The molecule has 1 amide bonds. The van der Waals surface area contributed by atoms with Crippen molar-refractivity contribution in [3.8, 4) is 0 Å². The molecule has 1 aromatic carbocycles. The number of unbranched alkanes of at least 4 members (excludes halogenated alkanes) is 1. The van der Waals surface area contributed by atoms with Crippen molar-refractivity contribution in [3.05, 3.63) is 34.9 Å². The van der Waals surface area contributed by atoms with Crippen molar-refractivity contribution in [1.82, 2.24) is 4.90 Å². The summed E-state index contributed by atoms with van der Waals surface area (Å²) in [5.74, 6) is -0.805. The first-order valence-electron chi connectivity index (χ1n) is 6.64. The molecule has 1 rings (SSSR count). The van der Waals surface area contributed by atoms with Crippen LogP contribution >= 0.6 is 11.6 Å². The lowest BCUT2D eigenvalue weighted by atomic mass is 10.1. The largest absolute Gasteiger partial charge is 0.481 e. The van der Waals surface area contributed by atoms with E-state index in [0.29, 0.717) is 24.3 Å². The number of carboxylic acid groups (broad SMARTS) is 1. The number of hydrogen-bond donors (Lipinski definition) is 1. The number of hydrogen-bond acceptors (Lipinski definition) is 2. The molecule has 0 aliphatic carbocycles. The number of aliphatic carboxylic acids is 1. The number of halogens is 1. The molecule has 5 heteroatoms. The average Bonchev–Trinajstić information content (AvgIpc) is 2.41. The Morgan fingerprint density at radius 2 is 1.95 bits per heavy atom. The van der Waals surface area contributed by atoms with Crippen molar-refractivity contribution in [2.45, 2.75) is 38.6 Å². The summed E-state index contributed by atoms with van der Waals surface area (Å²) in [4.78, 5) is 24.1. The van der Waals surface area contributed by atoms with Gasteiger partial charge in [0.1, 0.15) is 0 Å². The predicted molar refractivity (Wildman–Crippen MR) is 78.7 cm³/mol. The SMILES string of the molecule is CC(c1cccc(Cl)c1)N(C)C(=O)CCCCC(=O)O. The summed E-state index contributed by atoms with van der Waals surface area (Å²) in [6.45, 7) is 1.95. The smallest absolute Gasteiger partial charge is 0.303 e. The van der Waals surface area contributed by atoms with Gasteiger partial charge in [-0.15, -0.1) is 0 Å². The van der Waals surface area contributed by atoms with Crippen LogP contribution in [0.4, 0.5) is 0 Å². The summed E-state index contributed by atoms with van der Waals surface area (Å²) in [6, 6.07) is 7.39. The van der Waals surface area contributed by atoms with Crippen LogP contribution in [0.5, 0.6) is 0 Å². The maximum atomic E-state index is 12.0. The van der Waals surface area contributed by atoms with E-state index in [1.165, 1.54) is 0 Å². The molecule has 20 heavy (non-hydrogen) atoms. The quantitative estimate of drug-likeness (QED) is 0.784. The molecule has 1 aromatic rings. The second kappa shape index (κ2) is 7.90. The standard InChI is InChI=1S/C15H20ClNO3/c1-11(12-6-5-7-13(16)10-12)17(2)14(18)8-3-4-9-15(19)20/h5-7,10-11H,3-4,8-9H2,1-2H3,(H,19,20). The zero-order chi connectivity index (χ0) is 15.1. The molecular weight excluding hydrogens is 278 g/mol. The van der Waals surface area contributed by atoms with Gasteiger partial charge in [-0.2, -0.15) is 0 Å². The Morgan fingerprint density at radius 1 is 1.30 bits per heavy atom. The molecular formula is C15H20ClNO3. The van der Waals surface area contributed by atoms with E-state index in [4.69, 9.17) is 16.7 Å². The van der Waals surface area contributed by atoms with E-state index >= 15 is 0 Å². The maximum Gasteiger partial charge on any atom is 0.303 e. The van der Waals surface area contributed by atoms with Crippen LogP contribution in [-0.4, -0.2) is 28.9 Å². The molecule has 0 spiro atoms. The lowest BCUT2D eigenvalue weighted by Gasteiger charge is -2.25. The van der Waals surface area contributed by atoms with Crippen LogP contribution in [0.1, 0.15) is 44.2 Å². The molecule has 1 N–H and O–H groups in total. The summed E-state index contributed by atoms with van der Waals surface area (Å²) >= 11 is 5.95. The van der Waals surface area contributed by atoms with Crippen molar-refractivity contribution >= 4 is 23.5 Å². The number of amides is 1. The summed E-state index contributed by atoms with van der Waals surface area (Å²) in [5, 5.41) is 9.19. The number of carbonyl (C=O) groups is 2. The minimum Gasteiger partial charge on any atom is -0.481 e. The first-order valence-corrected chi connectivity index (χ1v) is 7.02. The van der Waals surface area contributed by atoms with Gasteiger partial charge in [-0.3, -0.25) is 9.59 Å². The lowest BCUT2D eigenvalue weighted by molar-refractivity contribution is -0.137. The summed E-state index contributed by atoms with van der Waals surface area (Å²) in [5.41, 5.74) is 0.985. The zero-order valence-corrected chi connectivity index (χ0v) is 12.6. The van der Waals surface area contributed by atoms with Crippen LogP contribution in [0.15, 0.2) is 24.3 Å². The number of rotatable bonds is 7. The van der Waals surface area contributed by atoms with Crippen LogP contribution in [0.3, 0.4) is 0 Å². The Balaban J connectivity index is 2.49. The highest BCUT2D eigenvalue weighted by Crippen LogP contribution is 2.22. The number of nitrogens with zero attached hydrogens (tertiary/aromatic N) is 1. The molecule has 0 aromatic heterocycles. The van der Waals surface area contributed by atoms with E-state index in [0.717, 1.165) is 5.56 Å². The van der Waals surface area contributed by atoms with Crippen LogP contribution in [0, 0.1) is 0 Å². The fraction of sp³-hybridized carbons (Fsp3) is 0.467. The highest BCUT2D eigenvalue weighted by molar-refractivity contribution is 6.30. The van der Waals surface area contributed by atoms with E-state index < -0.39 is 5.97 Å². The van der Waals surface area contributed by atoms with Gasteiger partial charge in [0, 0.05) is 24.9 Å². The van der Waals surface area contributed by atoms with Crippen molar-refractivity contribution in [2.24, 2.45) is 0 Å². The minimum absolute atomic E-state index is 0.0165. The van der Waals surface area contributed by atoms with E-state index in [2.05, 4.69) is 0 Å². The Bertz CT molecular complexity index is 476. The molecule has 0 aliphatic rings. The van der Waals surface area contributed by atoms with Crippen molar-refractivity contribution in [3.63, 3.8) is 0 Å². The van der Waals surface area contributed by atoms with Gasteiger partial charge in [0.05, 0.1) is 6.04 Å². The molecule has 0 aliphatic heterocycles. The third-order valence-electron chi connectivity index (χ3n) is 3.34. The fourth-order valence-electron chi connectivity index (χ4n) is 1.93. The topological polar surface area (TPSA) is 57.6 Å². The third-order valence-corrected chi connectivity index (χ3v) is 3.57. The van der Waals surface area contributed by atoms with Crippen LogP contribution in [0.2, 0.25) is 5.02 Å². The highest BCUT2D eigenvalue weighted by atomic mass is 35.5. The van der Waals surface area contributed by atoms with Crippen molar-refractivity contribution < 1.29 is 14.7 Å². The van der Waals surface area contributed by atoms with E-state index in [-0.39, 0.29) is 18.4 Å². The molecule has 1 unspecified atom stereocenters. The van der Waals surface area contributed by atoms with Crippen LogP contribution < -0.4 is 0 Å². The Kier molecular flexibility index (Phi) is 6.52. The molecule has 0 heterocycles. The van der Waals surface area contributed by atoms with Gasteiger partial charge in [0.2, 0.25) is 5.91 Å². The summed E-state index contributed by atoms with van der Waals surface area (Å²) < 4.78 is 0. The van der Waals surface area contributed by atoms with Crippen LogP contribution in [0.25, 0.3) is 0 Å². The van der Waals surface area contributed by atoms with E-state index in [9.17, 15) is 9.59 Å². The Hall–Kier alpha value is -1.55. The van der Waals surface area contributed by atoms with Gasteiger partial charge in [-0.25, -0.2) is 0 Å². The number of carboxylic acids is 1. The van der Waals surface area contributed by atoms with Gasteiger partial charge in [-0.05, 0) is 37.5 Å². The predicted octanol–water partition coefficient (Wildman–Crippen LogP) is 3.50. The number of carbonyl (C=O) groups excluding carboxylic acids is 1. The molecule has 110 valence electrons. The second-order valence-corrected chi connectivity index (χ2v) is 5.27. The molecule has 1 atom stereocenters. The van der Waals surface area contributed by atoms with Crippen LogP contribution in [-0.2, 0) is 9.59 Å². The van der Waals surface area contributed by atoms with Gasteiger partial charge < -0.3 is 10.0 Å². The zero-order valence-electron chi connectivity index (χ0n) is 11.8. The Labute approximate surface area is 124 Å². The maximum absolute atomic E-state index is 12.0. The Morgan fingerprint density at radius 3 is 2.55 bits per heavy atom. The van der Waals surface area contributed by atoms with Gasteiger partial charge in [0.25, 0.3) is 0 Å². The molecule has 0 fully saturated rings. The first kappa shape index (κ1) is 16.5. The summed E-state index contributed by atoms with van der Waals surface area (Å²) in [6.07, 6.45) is 1.60. The molecule has 0 saturated heterocycles. The fourth-order valence-corrected chi connectivity index (χ4v) is 2.13. The molecule has 4 nitrogen and oxygen atoms in total. The first-order chi connectivity index (χ1) is 9.41. The van der Waals surface area contributed by atoms with Crippen molar-refractivity contribution in [2.75, 3.05) is 7.05 Å². The second-order valence-electron chi connectivity index (χ2n) is 4.84. The normalized spacial score (nSPS) is 11.9. The van der Waals surface area contributed by atoms with Gasteiger partial charge >= 0.3 is 5.97 Å². The van der Waals surface area contributed by atoms with Gasteiger partial charge in [-0.1, -0.05) is 23.7 Å². The van der Waals surface area contributed by atoms with Crippen molar-refractivity contribution in [1.29, 1.82) is 0 Å². The monoisotopic (exact) mass is 297 g/mol.